The molecule has 0 aliphatic heterocycles. The number of primary amides is 1. The van der Waals surface area contributed by atoms with Gasteiger partial charge in [-0.3, -0.25) is 4.79 Å². The van der Waals surface area contributed by atoms with Gasteiger partial charge in [0, 0.05) is 0 Å². The molecule has 0 aliphatic rings. The lowest BCUT2D eigenvalue weighted by atomic mass is 10.3. The van der Waals surface area contributed by atoms with Gasteiger partial charge in [0.15, 0.2) is 0 Å². The van der Waals surface area contributed by atoms with Gasteiger partial charge in [0.1, 0.15) is 15.4 Å². The average molecular weight is 206 g/mol. The van der Waals surface area contributed by atoms with Gasteiger partial charge in [-0.15, -0.1) is 11.3 Å². The number of aromatic nitrogens is 1. The molecular weight excluding hydrogens is 198 g/mol. The molecule has 1 unspecified atom stereocenters. The van der Waals surface area contributed by atoms with Crippen molar-refractivity contribution in [2.45, 2.75) is 6.04 Å². The monoisotopic (exact) mass is 205 g/mol. The molecule has 1 aromatic rings. The van der Waals surface area contributed by atoms with E-state index in [1.807, 2.05) is 0 Å². The smallest absolute Gasteiger partial charge is 0.241 e. The van der Waals surface area contributed by atoms with Gasteiger partial charge in [0.2, 0.25) is 5.91 Å². The lowest BCUT2D eigenvalue weighted by Crippen LogP contribution is -2.30. The number of rotatable bonds is 3. The van der Waals surface area contributed by atoms with E-state index in [-0.39, 0.29) is 0 Å². The number of carbonyl (C=O) groups excluding carboxylic acids is 1. The van der Waals surface area contributed by atoms with Crippen LogP contribution in [0.5, 0.6) is 0 Å². The Morgan fingerprint density at radius 2 is 2.58 bits per heavy atom. The molecule has 0 bridgehead atoms. The van der Waals surface area contributed by atoms with E-state index in [2.05, 4.69) is 10.3 Å². The number of thiazole rings is 1. The first kappa shape index (κ1) is 9.44. The van der Waals surface area contributed by atoms with E-state index in [4.69, 9.17) is 17.3 Å². The van der Waals surface area contributed by atoms with E-state index in [0.29, 0.717) is 9.34 Å². The van der Waals surface area contributed by atoms with Crippen molar-refractivity contribution in [3.8, 4) is 0 Å². The number of hydrogen-bond donors (Lipinski definition) is 2. The molecular formula is C6H8ClN3OS. The Labute approximate surface area is 78.7 Å². The first-order chi connectivity index (χ1) is 5.65. The van der Waals surface area contributed by atoms with Crippen LogP contribution in [0, 0.1) is 0 Å². The van der Waals surface area contributed by atoms with Gasteiger partial charge in [0.25, 0.3) is 0 Å². The van der Waals surface area contributed by atoms with Crippen molar-refractivity contribution in [1.82, 2.24) is 10.3 Å². The van der Waals surface area contributed by atoms with E-state index < -0.39 is 11.9 Å². The number of nitrogens with zero attached hydrogens (tertiary/aromatic N) is 1. The second kappa shape index (κ2) is 3.84. The molecule has 0 aliphatic carbocycles. The Balaban J connectivity index is 2.87. The Morgan fingerprint density at radius 3 is 2.92 bits per heavy atom. The second-order valence-electron chi connectivity index (χ2n) is 2.13. The van der Waals surface area contributed by atoms with Crippen molar-refractivity contribution >= 4 is 28.8 Å². The maximum Gasteiger partial charge on any atom is 0.241 e. The molecule has 12 heavy (non-hydrogen) atoms. The highest BCUT2D eigenvalue weighted by Crippen LogP contribution is 2.23. The van der Waals surface area contributed by atoms with Crippen molar-refractivity contribution in [2.75, 3.05) is 7.05 Å². The molecule has 6 heteroatoms. The number of nitrogens with one attached hydrogen (secondary N) is 1. The van der Waals surface area contributed by atoms with Crippen molar-refractivity contribution in [2.24, 2.45) is 5.73 Å². The van der Waals surface area contributed by atoms with Crippen LogP contribution in [0.15, 0.2) is 6.20 Å². The molecule has 1 heterocycles. The Hall–Kier alpha value is -0.650. The molecule has 0 radical (unpaired) electrons. The minimum absolute atomic E-state index is 0.455. The number of halogens is 1. The summed E-state index contributed by atoms with van der Waals surface area (Å²) in [4.78, 5) is 14.8. The molecule has 4 nitrogen and oxygen atoms in total. The van der Waals surface area contributed by atoms with Crippen LogP contribution in [0.4, 0.5) is 0 Å². The van der Waals surface area contributed by atoms with Crippen LogP contribution < -0.4 is 11.1 Å². The van der Waals surface area contributed by atoms with E-state index in [1.54, 1.807) is 7.05 Å². The van der Waals surface area contributed by atoms with Crippen LogP contribution in [0.3, 0.4) is 0 Å². The Kier molecular flexibility index (Phi) is 3.02. The molecule has 66 valence electrons. The summed E-state index contributed by atoms with van der Waals surface area (Å²) >= 11 is 6.88. The minimum atomic E-state index is -0.539. The number of nitrogens with two attached hydrogens (primary N) is 1. The largest absolute Gasteiger partial charge is 0.368 e. The summed E-state index contributed by atoms with van der Waals surface area (Å²) in [6, 6.07) is -0.539. The highest BCUT2D eigenvalue weighted by molar-refractivity contribution is 7.16. The summed E-state index contributed by atoms with van der Waals surface area (Å²) in [6.45, 7) is 0. The zero-order chi connectivity index (χ0) is 9.14. The fraction of sp³-hybridized carbons (Fsp3) is 0.333. The molecule has 0 aromatic carbocycles. The molecule has 1 rings (SSSR count). The number of likely N-dealkylation sites (N-methyl/N-ethyl adjacent to an activating group) is 1. The topological polar surface area (TPSA) is 68.0 Å². The standard InChI is InChI=1S/C6H8ClN3OS/c1-9-4(5(8)11)6-10-2-3(7)12-6/h2,4,9H,1H3,(H2,8,11). The van der Waals surface area contributed by atoms with Gasteiger partial charge in [-0.25, -0.2) is 4.98 Å². The zero-order valence-electron chi connectivity index (χ0n) is 6.37. The summed E-state index contributed by atoms with van der Waals surface area (Å²) in [5.41, 5.74) is 5.11. The van der Waals surface area contributed by atoms with Crippen molar-refractivity contribution < 1.29 is 4.79 Å². The van der Waals surface area contributed by atoms with Gasteiger partial charge in [-0.1, -0.05) is 11.6 Å². The molecule has 1 amide bonds. The van der Waals surface area contributed by atoms with Crippen molar-refractivity contribution in [3.63, 3.8) is 0 Å². The van der Waals surface area contributed by atoms with E-state index in [9.17, 15) is 4.79 Å². The van der Waals surface area contributed by atoms with Crippen molar-refractivity contribution in [1.29, 1.82) is 0 Å². The average Bonchev–Trinajstić information content (AvgIpc) is 2.37. The maximum atomic E-state index is 10.8. The first-order valence-corrected chi connectivity index (χ1v) is 4.42. The third-order valence-corrected chi connectivity index (χ3v) is 2.50. The minimum Gasteiger partial charge on any atom is -0.368 e. The van der Waals surface area contributed by atoms with Gasteiger partial charge in [0.05, 0.1) is 6.20 Å². The fourth-order valence-corrected chi connectivity index (χ4v) is 1.84. The maximum absolute atomic E-state index is 10.8. The lowest BCUT2D eigenvalue weighted by Gasteiger charge is -2.07. The lowest BCUT2D eigenvalue weighted by molar-refractivity contribution is -0.120. The molecule has 1 aromatic heterocycles. The number of hydrogen-bond acceptors (Lipinski definition) is 4. The first-order valence-electron chi connectivity index (χ1n) is 3.23. The Morgan fingerprint density at radius 1 is 1.92 bits per heavy atom. The highest BCUT2D eigenvalue weighted by Gasteiger charge is 2.18. The van der Waals surface area contributed by atoms with E-state index in [1.165, 1.54) is 17.5 Å². The molecule has 0 fully saturated rings. The quantitative estimate of drug-likeness (QED) is 0.757. The predicted molar refractivity (Wildman–Crippen MR) is 48.1 cm³/mol. The van der Waals surface area contributed by atoms with Gasteiger partial charge < -0.3 is 11.1 Å². The van der Waals surface area contributed by atoms with E-state index in [0.717, 1.165) is 0 Å². The van der Waals surface area contributed by atoms with Gasteiger partial charge >= 0.3 is 0 Å². The molecule has 0 saturated heterocycles. The molecule has 1 atom stereocenters. The van der Waals surface area contributed by atoms with Crippen LogP contribution >= 0.6 is 22.9 Å². The van der Waals surface area contributed by atoms with Gasteiger partial charge in [-0.2, -0.15) is 0 Å². The fourth-order valence-electron chi connectivity index (χ4n) is 0.788. The molecule has 0 saturated carbocycles. The summed E-state index contributed by atoms with van der Waals surface area (Å²) in [6.07, 6.45) is 1.49. The van der Waals surface area contributed by atoms with Crippen LogP contribution in [-0.2, 0) is 4.79 Å². The molecule has 0 spiro atoms. The summed E-state index contributed by atoms with van der Waals surface area (Å²) in [5, 5.41) is 3.34. The SMILES string of the molecule is CNC(C(N)=O)c1ncc(Cl)s1. The third kappa shape index (κ3) is 1.94. The molecule has 3 N–H and O–H groups in total. The van der Waals surface area contributed by atoms with Crippen LogP contribution in [0.1, 0.15) is 11.0 Å². The van der Waals surface area contributed by atoms with Crippen LogP contribution in [0.25, 0.3) is 0 Å². The predicted octanol–water partition coefficient (Wildman–Crippen LogP) is 0.542. The van der Waals surface area contributed by atoms with Crippen LogP contribution in [0.2, 0.25) is 4.34 Å². The van der Waals surface area contributed by atoms with Gasteiger partial charge in [-0.05, 0) is 7.05 Å². The number of carbonyl (C=O) groups is 1. The summed E-state index contributed by atoms with van der Waals surface area (Å²) < 4.78 is 0.548. The summed E-state index contributed by atoms with van der Waals surface area (Å²) in [5.74, 6) is -0.455. The highest BCUT2D eigenvalue weighted by atomic mass is 35.5. The third-order valence-electron chi connectivity index (χ3n) is 1.32. The van der Waals surface area contributed by atoms with E-state index >= 15 is 0 Å². The normalized spacial score (nSPS) is 12.8. The van der Waals surface area contributed by atoms with Crippen molar-refractivity contribution in [3.05, 3.63) is 15.5 Å². The van der Waals surface area contributed by atoms with Crippen LogP contribution in [-0.4, -0.2) is 17.9 Å². The zero-order valence-corrected chi connectivity index (χ0v) is 7.95. The second-order valence-corrected chi connectivity index (χ2v) is 3.82. The Bertz CT molecular complexity index is 288. The summed E-state index contributed by atoms with van der Waals surface area (Å²) in [7, 11) is 1.64. The number of amides is 1.